The summed E-state index contributed by atoms with van der Waals surface area (Å²) >= 11 is 0. The van der Waals surface area contributed by atoms with Gasteiger partial charge in [0.15, 0.2) is 5.96 Å². The predicted octanol–water partition coefficient (Wildman–Crippen LogP) is 1.48. The van der Waals surface area contributed by atoms with Crippen LogP contribution in [-0.4, -0.2) is 98.7 Å². The first-order valence-electron chi connectivity index (χ1n) is 10.2. The maximum Gasteiger partial charge on any atom is 0.308 e. The average molecular weight is 495 g/mol. The topological polar surface area (TPSA) is 60.4 Å². The first kappa shape index (κ1) is 24.4. The van der Waals surface area contributed by atoms with Crippen LogP contribution in [0.25, 0.3) is 0 Å². The normalized spacial score (nSPS) is 21.5. The molecule has 0 amide bonds. The van der Waals surface area contributed by atoms with Gasteiger partial charge in [-0.2, -0.15) is 0 Å². The Hall–Kier alpha value is -0.610. The number of methoxy groups -OCH3 is 1. The summed E-state index contributed by atoms with van der Waals surface area (Å²) in [5, 5.41) is 3.42. The van der Waals surface area contributed by atoms with Crippen molar-refractivity contribution >= 4 is 35.9 Å². The SMILES string of the molecule is CCNC(=NCC(C)N1CCN(CC)CC1)N1CCC(C(=O)OC)CC1.I. The minimum Gasteiger partial charge on any atom is -0.469 e. The van der Waals surface area contributed by atoms with E-state index in [2.05, 4.69) is 40.8 Å². The number of hydrogen-bond acceptors (Lipinski definition) is 5. The molecule has 158 valence electrons. The molecular weight excluding hydrogens is 457 g/mol. The second-order valence-corrected chi connectivity index (χ2v) is 7.30. The van der Waals surface area contributed by atoms with Crippen molar-refractivity contribution < 1.29 is 9.53 Å². The number of carbonyl (C=O) groups excluding carboxylic acids is 1. The fourth-order valence-electron chi connectivity index (χ4n) is 3.77. The number of halogens is 1. The minimum atomic E-state index is -0.0774. The third-order valence-corrected chi connectivity index (χ3v) is 5.65. The van der Waals surface area contributed by atoms with Gasteiger partial charge in [-0.15, -0.1) is 24.0 Å². The third kappa shape index (κ3) is 7.38. The van der Waals surface area contributed by atoms with Gasteiger partial charge in [-0.1, -0.05) is 6.92 Å². The number of rotatable bonds is 6. The molecule has 2 aliphatic rings. The molecule has 2 rings (SSSR count). The van der Waals surface area contributed by atoms with E-state index < -0.39 is 0 Å². The maximum absolute atomic E-state index is 11.7. The van der Waals surface area contributed by atoms with Crippen molar-refractivity contribution in [3.8, 4) is 0 Å². The molecule has 27 heavy (non-hydrogen) atoms. The van der Waals surface area contributed by atoms with Crippen molar-refractivity contribution in [3.05, 3.63) is 0 Å². The van der Waals surface area contributed by atoms with Gasteiger partial charge in [-0.3, -0.25) is 14.7 Å². The highest BCUT2D eigenvalue weighted by molar-refractivity contribution is 14.0. The number of carbonyl (C=O) groups is 1. The zero-order chi connectivity index (χ0) is 18.9. The van der Waals surface area contributed by atoms with E-state index in [1.165, 1.54) is 7.11 Å². The molecule has 1 atom stereocenters. The average Bonchev–Trinajstić information content (AvgIpc) is 2.70. The largest absolute Gasteiger partial charge is 0.469 e. The number of guanidine groups is 1. The number of aliphatic imine (C=N–C) groups is 1. The second-order valence-electron chi connectivity index (χ2n) is 7.30. The Kier molecular flexibility index (Phi) is 11.6. The van der Waals surface area contributed by atoms with Crippen LogP contribution in [0.5, 0.6) is 0 Å². The van der Waals surface area contributed by atoms with Gasteiger partial charge in [0, 0.05) is 51.9 Å². The lowest BCUT2D eigenvalue weighted by Gasteiger charge is -2.37. The fourth-order valence-corrected chi connectivity index (χ4v) is 3.77. The lowest BCUT2D eigenvalue weighted by molar-refractivity contribution is -0.146. The molecule has 0 saturated carbocycles. The molecule has 0 aliphatic carbocycles. The summed E-state index contributed by atoms with van der Waals surface area (Å²) in [6, 6.07) is 0.454. The van der Waals surface area contributed by atoms with Crippen molar-refractivity contribution in [2.75, 3.05) is 66.0 Å². The highest BCUT2D eigenvalue weighted by atomic mass is 127. The Balaban J connectivity index is 0.00000364. The molecule has 2 fully saturated rings. The second kappa shape index (κ2) is 12.8. The van der Waals surface area contributed by atoms with E-state index in [4.69, 9.17) is 9.73 Å². The minimum absolute atomic E-state index is 0. The first-order chi connectivity index (χ1) is 12.6. The van der Waals surface area contributed by atoms with E-state index in [9.17, 15) is 4.79 Å². The van der Waals surface area contributed by atoms with Gasteiger partial charge in [0.1, 0.15) is 0 Å². The first-order valence-corrected chi connectivity index (χ1v) is 10.2. The number of piperidine rings is 1. The number of esters is 1. The van der Waals surface area contributed by atoms with Gasteiger partial charge in [0.25, 0.3) is 0 Å². The van der Waals surface area contributed by atoms with Crippen LogP contribution in [-0.2, 0) is 9.53 Å². The molecule has 0 spiro atoms. The van der Waals surface area contributed by atoms with Crippen LogP contribution in [0.2, 0.25) is 0 Å². The number of likely N-dealkylation sites (N-methyl/N-ethyl adjacent to an activating group) is 1. The summed E-state index contributed by atoms with van der Waals surface area (Å²) < 4.78 is 4.88. The van der Waals surface area contributed by atoms with Crippen molar-refractivity contribution in [1.29, 1.82) is 0 Å². The summed E-state index contributed by atoms with van der Waals surface area (Å²) in [7, 11) is 1.47. The van der Waals surface area contributed by atoms with Gasteiger partial charge in [0.05, 0.1) is 19.6 Å². The standard InChI is InChI=1S/C19H37N5O2.HI/c1-5-20-19(24-9-7-17(8-10-24)18(25)26-4)21-15-16(3)23-13-11-22(6-2)12-14-23;/h16-17H,5-15H2,1-4H3,(H,20,21);1H. The molecule has 2 saturated heterocycles. The quantitative estimate of drug-likeness (QED) is 0.261. The molecule has 2 aliphatic heterocycles. The van der Waals surface area contributed by atoms with Gasteiger partial charge in [-0.05, 0) is 33.2 Å². The summed E-state index contributed by atoms with van der Waals surface area (Å²) in [4.78, 5) is 23.9. The number of hydrogen-bond donors (Lipinski definition) is 1. The molecule has 8 heteroatoms. The molecule has 0 aromatic rings. The molecule has 1 N–H and O–H groups in total. The highest BCUT2D eigenvalue weighted by Crippen LogP contribution is 2.18. The van der Waals surface area contributed by atoms with Crippen LogP contribution in [0.4, 0.5) is 0 Å². The maximum atomic E-state index is 11.7. The molecule has 1 unspecified atom stereocenters. The van der Waals surface area contributed by atoms with Crippen molar-refractivity contribution in [1.82, 2.24) is 20.0 Å². The molecule has 2 heterocycles. The van der Waals surface area contributed by atoms with Crippen molar-refractivity contribution in [2.45, 2.75) is 39.7 Å². The Labute approximate surface area is 181 Å². The Bertz CT molecular complexity index is 461. The van der Waals surface area contributed by atoms with Crippen LogP contribution in [0.3, 0.4) is 0 Å². The van der Waals surface area contributed by atoms with E-state index in [-0.39, 0.29) is 35.9 Å². The summed E-state index contributed by atoms with van der Waals surface area (Å²) in [6.07, 6.45) is 1.68. The van der Waals surface area contributed by atoms with Crippen LogP contribution in [0.1, 0.15) is 33.6 Å². The molecule has 0 aromatic heterocycles. The number of piperazine rings is 1. The van der Waals surface area contributed by atoms with Crippen molar-refractivity contribution in [3.63, 3.8) is 0 Å². The molecule has 7 nitrogen and oxygen atoms in total. The highest BCUT2D eigenvalue weighted by Gasteiger charge is 2.27. The Morgan fingerprint density at radius 3 is 2.30 bits per heavy atom. The Morgan fingerprint density at radius 1 is 1.15 bits per heavy atom. The lowest BCUT2D eigenvalue weighted by atomic mass is 9.97. The summed E-state index contributed by atoms with van der Waals surface area (Å²) in [5.41, 5.74) is 0. The molecule has 0 aromatic carbocycles. The molecule has 0 radical (unpaired) electrons. The van der Waals surface area contributed by atoms with Gasteiger partial charge < -0.3 is 19.9 Å². The Morgan fingerprint density at radius 2 is 1.78 bits per heavy atom. The van der Waals surface area contributed by atoms with Gasteiger partial charge in [-0.25, -0.2) is 0 Å². The van der Waals surface area contributed by atoms with E-state index in [0.29, 0.717) is 6.04 Å². The predicted molar refractivity (Wildman–Crippen MR) is 121 cm³/mol. The van der Waals surface area contributed by atoms with Gasteiger partial charge in [0.2, 0.25) is 0 Å². The lowest BCUT2D eigenvalue weighted by Crippen LogP contribution is -2.51. The van der Waals surface area contributed by atoms with E-state index in [0.717, 1.165) is 77.7 Å². The fraction of sp³-hybridized carbons (Fsp3) is 0.895. The summed E-state index contributed by atoms with van der Waals surface area (Å²) in [5.74, 6) is 0.939. The van der Waals surface area contributed by atoms with Crippen LogP contribution < -0.4 is 5.32 Å². The van der Waals surface area contributed by atoms with E-state index in [1.54, 1.807) is 0 Å². The number of nitrogens with zero attached hydrogens (tertiary/aromatic N) is 4. The molecule has 0 bridgehead atoms. The number of nitrogens with one attached hydrogen (secondary N) is 1. The van der Waals surface area contributed by atoms with Crippen LogP contribution in [0, 0.1) is 5.92 Å². The van der Waals surface area contributed by atoms with E-state index in [1.807, 2.05) is 0 Å². The number of likely N-dealkylation sites (tertiary alicyclic amines) is 1. The van der Waals surface area contributed by atoms with Gasteiger partial charge >= 0.3 is 5.97 Å². The summed E-state index contributed by atoms with van der Waals surface area (Å²) in [6.45, 7) is 15.7. The monoisotopic (exact) mass is 495 g/mol. The van der Waals surface area contributed by atoms with Crippen LogP contribution >= 0.6 is 24.0 Å². The zero-order valence-electron chi connectivity index (χ0n) is 17.4. The van der Waals surface area contributed by atoms with Crippen molar-refractivity contribution in [2.24, 2.45) is 10.9 Å². The van der Waals surface area contributed by atoms with E-state index >= 15 is 0 Å². The third-order valence-electron chi connectivity index (χ3n) is 5.65. The van der Waals surface area contributed by atoms with Crippen LogP contribution in [0.15, 0.2) is 4.99 Å². The molecular formula is C19H38IN5O2. The zero-order valence-corrected chi connectivity index (χ0v) is 19.8. The smallest absolute Gasteiger partial charge is 0.308 e. The number of ether oxygens (including phenoxy) is 1.